The SMILES string of the molecule is CCCCCC[C@H](CCCCCCCCCCC(=O)OC)OC(=O)Nc1cccc2ccccc12. The van der Waals surface area contributed by atoms with Gasteiger partial charge >= 0.3 is 12.1 Å². The normalized spacial score (nSPS) is 11.8. The molecule has 0 saturated carbocycles. The molecule has 0 radical (unpaired) electrons. The lowest BCUT2D eigenvalue weighted by molar-refractivity contribution is -0.140. The molecule has 0 aliphatic carbocycles. The number of anilines is 1. The highest BCUT2D eigenvalue weighted by atomic mass is 16.6. The maximum atomic E-state index is 12.7. The summed E-state index contributed by atoms with van der Waals surface area (Å²) in [6.07, 6.45) is 15.8. The van der Waals surface area contributed by atoms with E-state index in [1.165, 1.54) is 58.5 Å². The Kier molecular flexibility index (Phi) is 14.6. The topological polar surface area (TPSA) is 64.6 Å². The van der Waals surface area contributed by atoms with Gasteiger partial charge in [0.1, 0.15) is 6.10 Å². The third kappa shape index (κ3) is 12.1. The maximum absolute atomic E-state index is 12.7. The van der Waals surface area contributed by atoms with Crippen molar-refractivity contribution in [2.75, 3.05) is 12.4 Å². The Hall–Kier alpha value is -2.56. The van der Waals surface area contributed by atoms with E-state index in [-0.39, 0.29) is 18.2 Å². The molecule has 35 heavy (non-hydrogen) atoms. The van der Waals surface area contributed by atoms with Crippen LogP contribution in [-0.2, 0) is 14.3 Å². The van der Waals surface area contributed by atoms with E-state index in [9.17, 15) is 9.59 Å². The summed E-state index contributed by atoms with van der Waals surface area (Å²) in [6, 6.07) is 14.0. The molecule has 5 heteroatoms. The summed E-state index contributed by atoms with van der Waals surface area (Å²) in [5.74, 6) is -0.109. The predicted molar refractivity (Wildman–Crippen MR) is 145 cm³/mol. The summed E-state index contributed by atoms with van der Waals surface area (Å²) >= 11 is 0. The number of ether oxygens (including phenoxy) is 2. The minimum absolute atomic E-state index is 0.0276. The van der Waals surface area contributed by atoms with Crippen LogP contribution >= 0.6 is 0 Å². The molecule has 0 aliphatic heterocycles. The summed E-state index contributed by atoms with van der Waals surface area (Å²) in [5.41, 5.74) is 0.796. The van der Waals surface area contributed by atoms with Gasteiger partial charge in [0.25, 0.3) is 0 Å². The van der Waals surface area contributed by atoms with Crippen LogP contribution in [0.3, 0.4) is 0 Å². The van der Waals surface area contributed by atoms with Crippen LogP contribution in [0.1, 0.15) is 103 Å². The highest BCUT2D eigenvalue weighted by Crippen LogP contribution is 2.24. The second kappa shape index (κ2) is 17.8. The average molecular weight is 484 g/mol. The quantitative estimate of drug-likeness (QED) is 0.170. The third-order valence-electron chi connectivity index (χ3n) is 6.56. The van der Waals surface area contributed by atoms with Crippen molar-refractivity contribution in [1.29, 1.82) is 0 Å². The van der Waals surface area contributed by atoms with Crippen LogP contribution in [0.25, 0.3) is 10.8 Å². The molecule has 2 rings (SSSR count). The van der Waals surface area contributed by atoms with E-state index in [0.29, 0.717) is 6.42 Å². The van der Waals surface area contributed by atoms with Gasteiger partial charge in [-0.25, -0.2) is 4.79 Å². The fraction of sp³-hybridized carbons (Fsp3) is 0.600. The first-order chi connectivity index (χ1) is 17.1. The number of carbonyl (C=O) groups is 2. The Labute approximate surface area is 212 Å². The van der Waals surface area contributed by atoms with Crippen LogP contribution in [0.4, 0.5) is 10.5 Å². The lowest BCUT2D eigenvalue weighted by Crippen LogP contribution is -2.22. The minimum Gasteiger partial charge on any atom is -0.469 e. The number of rotatable bonds is 18. The van der Waals surface area contributed by atoms with Crippen LogP contribution in [-0.4, -0.2) is 25.3 Å². The number of methoxy groups -OCH3 is 1. The van der Waals surface area contributed by atoms with Crippen molar-refractivity contribution in [2.45, 2.75) is 109 Å². The monoisotopic (exact) mass is 483 g/mol. The van der Waals surface area contributed by atoms with Gasteiger partial charge in [0.05, 0.1) is 12.8 Å². The Morgan fingerprint density at radius 3 is 2.06 bits per heavy atom. The van der Waals surface area contributed by atoms with Crippen LogP contribution in [0, 0.1) is 0 Å². The van der Waals surface area contributed by atoms with Crippen molar-refractivity contribution in [3.05, 3.63) is 42.5 Å². The van der Waals surface area contributed by atoms with Gasteiger partial charge in [-0.05, 0) is 43.6 Å². The van der Waals surface area contributed by atoms with Crippen molar-refractivity contribution in [3.63, 3.8) is 0 Å². The van der Waals surface area contributed by atoms with E-state index in [1.807, 2.05) is 42.5 Å². The van der Waals surface area contributed by atoms with E-state index < -0.39 is 0 Å². The number of amides is 1. The fourth-order valence-corrected chi connectivity index (χ4v) is 4.49. The Morgan fingerprint density at radius 1 is 0.771 bits per heavy atom. The molecule has 0 aromatic heterocycles. The number of carbonyl (C=O) groups excluding carboxylic acids is 2. The molecule has 0 aliphatic rings. The molecule has 0 heterocycles. The standard InChI is InChI=1S/C30H45NO4/c1-3-4-5-12-20-26(21-13-10-8-6-7-9-11-14-24-29(32)34-2)35-30(33)31-28-23-17-19-25-18-15-16-22-27(25)28/h15-19,22-23,26H,3-14,20-21,24H2,1-2H3,(H,31,33)/t26-/m1/s1. The molecular formula is C30H45NO4. The van der Waals surface area contributed by atoms with Crippen molar-refractivity contribution in [3.8, 4) is 0 Å². The Morgan fingerprint density at radius 2 is 1.37 bits per heavy atom. The molecule has 1 atom stereocenters. The molecule has 0 unspecified atom stereocenters. The van der Waals surface area contributed by atoms with Gasteiger partial charge in [-0.2, -0.15) is 0 Å². The van der Waals surface area contributed by atoms with Crippen LogP contribution in [0.2, 0.25) is 0 Å². The highest BCUT2D eigenvalue weighted by molar-refractivity contribution is 6.00. The molecule has 0 spiro atoms. The van der Waals surface area contributed by atoms with Crippen LogP contribution in [0.15, 0.2) is 42.5 Å². The van der Waals surface area contributed by atoms with E-state index in [2.05, 4.69) is 17.0 Å². The van der Waals surface area contributed by atoms with Gasteiger partial charge in [-0.3, -0.25) is 10.1 Å². The number of fused-ring (bicyclic) bond motifs is 1. The number of hydrogen-bond acceptors (Lipinski definition) is 4. The van der Waals surface area contributed by atoms with Gasteiger partial charge in [-0.15, -0.1) is 0 Å². The Bertz CT molecular complexity index is 861. The average Bonchev–Trinajstić information content (AvgIpc) is 2.87. The van der Waals surface area contributed by atoms with Gasteiger partial charge in [0.2, 0.25) is 0 Å². The fourth-order valence-electron chi connectivity index (χ4n) is 4.49. The van der Waals surface area contributed by atoms with E-state index in [1.54, 1.807) is 0 Å². The highest BCUT2D eigenvalue weighted by Gasteiger charge is 2.15. The van der Waals surface area contributed by atoms with E-state index >= 15 is 0 Å². The van der Waals surface area contributed by atoms with Crippen LogP contribution < -0.4 is 5.32 Å². The van der Waals surface area contributed by atoms with Gasteiger partial charge in [0.15, 0.2) is 0 Å². The molecule has 1 amide bonds. The Balaban J connectivity index is 1.70. The van der Waals surface area contributed by atoms with E-state index in [0.717, 1.165) is 55.0 Å². The number of benzene rings is 2. The molecule has 0 saturated heterocycles. The summed E-state index contributed by atoms with van der Waals surface area (Å²) in [6.45, 7) is 2.21. The molecule has 0 fully saturated rings. The second-order valence-electron chi connectivity index (χ2n) is 9.47. The molecule has 0 bridgehead atoms. The van der Waals surface area contributed by atoms with Crippen LogP contribution in [0.5, 0.6) is 0 Å². The smallest absolute Gasteiger partial charge is 0.411 e. The molecule has 1 N–H and O–H groups in total. The lowest BCUT2D eigenvalue weighted by atomic mass is 10.0. The summed E-state index contributed by atoms with van der Waals surface area (Å²) in [5, 5.41) is 5.10. The lowest BCUT2D eigenvalue weighted by Gasteiger charge is -2.19. The van der Waals surface area contributed by atoms with Crippen molar-refractivity contribution in [1.82, 2.24) is 0 Å². The first-order valence-corrected chi connectivity index (χ1v) is 13.7. The number of nitrogens with one attached hydrogen (secondary N) is 1. The largest absolute Gasteiger partial charge is 0.469 e. The number of unbranched alkanes of at least 4 members (excludes halogenated alkanes) is 10. The summed E-state index contributed by atoms with van der Waals surface area (Å²) in [4.78, 5) is 23.8. The molecule has 2 aromatic carbocycles. The number of hydrogen-bond donors (Lipinski definition) is 1. The summed E-state index contributed by atoms with van der Waals surface area (Å²) < 4.78 is 10.6. The summed E-state index contributed by atoms with van der Waals surface area (Å²) in [7, 11) is 1.45. The number of esters is 1. The maximum Gasteiger partial charge on any atom is 0.411 e. The van der Waals surface area contributed by atoms with Crippen molar-refractivity contribution >= 4 is 28.5 Å². The van der Waals surface area contributed by atoms with Gasteiger partial charge in [0, 0.05) is 11.8 Å². The molecule has 194 valence electrons. The first-order valence-electron chi connectivity index (χ1n) is 13.7. The first kappa shape index (κ1) is 28.7. The molecular weight excluding hydrogens is 438 g/mol. The van der Waals surface area contributed by atoms with Crippen molar-refractivity contribution in [2.24, 2.45) is 0 Å². The zero-order chi connectivity index (χ0) is 25.1. The zero-order valence-corrected chi connectivity index (χ0v) is 21.9. The third-order valence-corrected chi connectivity index (χ3v) is 6.56. The van der Waals surface area contributed by atoms with Gasteiger partial charge < -0.3 is 9.47 Å². The minimum atomic E-state index is -0.353. The zero-order valence-electron chi connectivity index (χ0n) is 21.9. The molecule has 5 nitrogen and oxygen atoms in total. The van der Waals surface area contributed by atoms with Crippen molar-refractivity contribution < 1.29 is 19.1 Å². The second-order valence-corrected chi connectivity index (χ2v) is 9.47. The van der Waals surface area contributed by atoms with Gasteiger partial charge in [-0.1, -0.05) is 101 Å². The predicted octanol–water partition coefficient (Wildman–Crippen LogP) is 8.80. The molecule has 2 aromatic rings. The van der Waals surface area contributed by atoms with E-state index in [4.69, 9.17) is 4.74 Å².